The van der Waals surface area contributed by atoms with E-state index in [2.05, 4.69) is 15.1 Å². The summed E-state index contributed by atoms with van der Waals surface area (Å²) in [6.45, 7) is 0. The summed E-state index contributed by atoms with van der Waals surface area (Å²) >= 11 is 1.18. The van der Waals surface area contributed by atoms with E-state index in [0.717, 1.165) is 5.56 Å². The molecule has 0 radical (unpaired) electrons. The van der Waals surface area contributed by atoms with Gasteiger partial charge in [0.1, 0.15) is 5.82 Å². The van der Waals surface area contributed by atoms with Crippen LogP contribution in [0.3, 0.4) is 0 Å². The van der Waals surface area contributed by atoms with Gasteiger partial charge in [-0.2, -0.15) is 9.50 Å². The molecule has 0 amide bonds. The number of halogens is 1. The van der Waals surface area contributed by atoms with Gasteiger partial charge < -0.3 is 0 Å². The van der Waals surface area contributed by atoms with Crippen LogP contribution in [0.1, 0.15) is 5.56 Å². The number of hydrogen-bond donors (Lipinski definition) is 0. The topological polar surface area (TPSA) is 60.2 Å². The van der Waals surface area contributed by atoms with Gasteiger partial charge in [-0.25, -0.2) is 4.39 Å². The predicted octanol–water partition coefficient (Wildman–Crippen LogP) is 1.90. The summed E-state index contributed by atoms with van der Waals surface area (Å²) in [7, 11) is 0. The molecule has 5 nitrogen and oxygen atoms in total. The minimum atomic E-state index is -0.373. The Labute approximate surface area is 133 Å². The molecular formula is C16H9FN4OS. The molecule has 4 rings (SSSR count). The first-order chi connectivity index (χ1) is 11.2. The first-order valence-electron chi connectivity index (χ1n) is 6.78. The number of benzene rings is 1. The van der Waals surface area contributed by atoms with Crippen LogP contribution in [0.4, 0.5) is 4.39 Å². The van der Waals surface area contributed by atoms with Gasteiger partial charge in [0.25, 0.3) is 5.56 Å². The first-order valence-corrected chi connectivity index (χ1v) is 7.60. The number of aromatic nitrogens is 4. The van der Waals surface area contributed by atoms with Crippen LogP contribution in [-0.2, 0) is 0 Å². The fraction of sp³-hybridized carbons (Fsp3) is 0. The van der Waals surface area contributed by atoms with E-state index in [9.17, 15) is 9.18 Å². The molecule has 112 valence electrons. The van der Waals surface area contributed by atoms with Gasteiger partial charge in [0.2, 0.25) is 4.96 Å². The van der Waals surface area contributed by atoms with E-state index in [0.29, 0.717) is 20.9 Å². The molecule has 0 aliphatic carbocycles. The van der Waals surface area contributed by atoms with Crippen molar-refractivity contribution >= 4 is 22.4 Å². The van der Waals surface area contributed by atoms with Crippen LogP contribution in [0.25, 0.3) is 22.4 Å². The molecule has 0 saturated carbocycles. The molecule has 4 aromatic rings. The lowest BCUT2D eigenvalue weighted by atomic mass is 10.2. The summed E-state index contributed by atoms with van der Waals surface area (Å²) in [4.78, 5) is 21.2. The third kappa shape index (κ3) is 2.40. The smallest absolute Gasteiger partial charge is 0.266 e. The molecule has 0 bridgehead atoms. The molecular weight excluding hydrogens is 315 g/mol. The lowest BCUT2D eigenvalue weighted by Gasteiger charge is -1.93. The predicted molar refractivity (Wildman–Crippen MR) is 85.5 cm³/mol. The van der Waals surface area contributed by atoms with Gasteiger partial charge in [-0.05, 0) is 24.3 Å². The quantitative estimate of drug-likeness (QED) is 0.565. The third-order valence-electron chi connectivity index (χ3n) is 3.29. The van der Waals surface area contributed by atoms with E-state index in [1.54, 1.807) is 36.7 Å². The lowest BCUT2D eigenvalue weighted by molar-refractivity contribution is 0.625. The van der Waals surface area contributed by atoms with E-state index in [1.165, 1.54) is 28.0 Å². The Morgan fingerprint density at radius 2 is 2.04 bits per heavy atom. The highest BCUT2D eigenvalue weighted by atomic mass is 32.1. The molecule has 0 atom stereocenters. The molecule has 0 unspecified atom stereocenters. The first kappa shape index (κ1) is 13.7. The number of fused-ring (bicyclic) bond motifs is 1. The molecule has 0 spiro atoms. The van der Waals surface area contributed by atoms with Gasteiger partial charge in [0.15, 0.2) is 5.82 Å². The van der Waals surface area contributed by atoms with Crippen molar-refractivity contribution in [3.05, 3.63) is 75.1 Å². The number of pyridine rings is 1. The molecule has 7 heteroatoms. The van der Waals surface area contributed by atoms with Crippen LogP contribution in [0.5, 0.6) is 0 Å². The number of rotatable bonds is 2. The molecule has 3 heterocycles. The van der Waals surface area contributed by atoms with Crippen LogP contribution >= 0.6 is 11.3 Å². The van der Waals surface area contributed by atoms with E-state index in [4.69, 9.17) is 0 Å². The van der Waals surface area contributed by atoms with E-state index in [-0.39, 0.29) is 11.4 Å². The molecule has 0 fully saturated rings. The van der Waals surface area contributed by atoms with Gasteiger partial charge >= 0.3 is 0 Å². The van der Waals surface area contributed by atoms with Crippen molar-refractivity contribution in [1.82, 2.24) is 19.6 Å². The molecule has 0 N–H and O–H groups in total. The van der Waals surface area contributed by atoms with E-state index >= 15 is 0 Å². The highest BCUT2D eigenvalue weighted by Crippen LogP contribution is 2.14. The number of hydrogen-bond acceptors (Lipinski definition) is 5. The number of nitrogens with zero attached hydrogens (tertiary/aromatic N) is 4. The molecule has 1 aromatic carbocycles. The van der Waals surface area contributed by atoms with Gasteiger partial charge in [-0.1, -0.05) is 29.5 Å². The minimum Gasteiger partial charge on any atom is -0.266 e. The van der Waals surface area contributed by atoms with Crippen molar-refractivity contribution in [1.29, 1.82) is 0 Å². The summed E-state index contributed by atoms with van der Waals surface area (Å²) in [5, 5.41) is 4.22. The average molecular weight is 324 g/mol. The zero-order valence-corrected chi connectivity index (χ0v) is 12.5. The van der Waals surface area contributed by atoms with Crippen molar-refractivity contribution in [2.24, 2.45) is 0 Å². The largest absolute Gasteiger partial charge is 0.291 e. The fourth-order valence-corrected chi connectivity index (χ4v) is 3.08. The molecule has 0 aliphatic rings. The van der Waals surface area contributed by atoms with Crippen molar-refractivity contribution in [2.45, 2.75) is 0 Å². The number of thiazole rings is 1. The van der Waals surface area contributed by atoms with Gasteiger partial charge in [0.05, 0.1) is 4.53 Å². The lowest BCUT2D eigenvalue weighted by Crippen LogP contribution is -2.23. The summed E-state index contributed by atoms with van der Waals surface area (Å²) < 4.78 is 15.3. The highest BCUT2D eigenvalue weighted by molar-refractivity contribution is 7.15. The van der Waals surface area contributed by atoms with Crippen molar-refractivity contribution in [2.75, 3.05) is 0 Å². The summed E-state index contributed by atoms with van der Waals surface area (Å²) in [6, 6.07) is 9.90. The Morgan fingerprint density at radius 3 is 2.78 bits per heavy atom. The maximum absolute atomic E-state index is 13.7. The SMILES string of the molecule is O=c1/c(=C/c2ccccc2F)sc2nc(-c3cccnc3)nn12. The van der Waals surface area contributed by atoms with Crippen molar-refractivity contribution < 1.29 is 4.39 Å². The Kier molecular flexibility index (Phi) is 3.20. The third-order valence-corrected chi connectivity index (χ3v) is 4.25. The average Bonchev–Trinajstić information content (AvgIpc) is 3.11. The van der Waals surface area contributed by atoms with E-state index < -0.39 is 0 Å². The monoisotopic (exact) mass is 324 g/mol. The normalized spacial score (nSPS) is 12.1. The fourth-order valence-electron chi connectivity index (χ4n) is 2.18. The molecule has 23 heavy (non-hydrogen) atoms. The van der Waals surface area contributed by atoms with Crippen LogP contribution < -0.4 is 10.1 Å². The standard InChI is InChI=1S/C16H9FN4OS/c17-12-6-2-1-4-10(12)8-13-15(22)21-16(23-13)19-14(20-21)11-5-3-7-18-9-11/h1-9H/b13-8-. The Bertz CT molecular complexity index is 1100. The van der Waals surface area contributed by atoms with Crippen LogP contribution in [0, 0.1) is 5.82 Å². The Hall–Kier alpha value is -2.93. The van der Waals surface area contributed by atoms with Crippen molar-refractivity contribution in [3.63, 3.8) is 0 Å². The van der Waals surface area contributed by atoms with Crippen LogP contribution in [0.15, 0.2) is 53.6 Å². The second-order valence-corrected chi connectivity index (χ2v) is 5.82. The summed E-state index contributed by atoms with van der Waals surface area (Å²) in [5.41, 5.74) is 0.792. The second-order valence-electron chi connectivity index (χ2n) is 4.81. The minimum absolute atomic E-state index is 0.309. The highest BCUT2D eigenvalue weighted by Gasteiger charge is 2.12. The Morgan fingerprint density at radius 1 is 1.17 bits per heavy atom. The van der Waals surface area contributed by atoms with Crippen LogP contribution in [0.2, 0.25) is 0 Å². The molecule has 3 aromatic heterocycles. The van der Waals surface area contributed by atoms with Crippen molar-refractivity contribution in [3.8, 4) is 11.4 Å². The second kappa shape index (κ2) is 5.36. The maximum Gasteiger partial charge on any atom is 0.291 e. The zero-order chi connectivity index (χ0) is 15.8. The summed E-state index contributed by atoms with van der Waals surface area (Å²) in [6.07, 6.45) is 4.81. The van der Waals surface area contributed by atoms with E-state index in [1.807, 2.05) is 6.07 Å². The Balaban J connectivity index is 1.86. The maximum atomic E-state index is 13.7. The zero-order valence-electron chi connectivity index (χ0n) is 11.7. The van der Waals surface area contributed by atoms with Gasteiger partial charge in [0, 0.05) is 23.5 Å². The summed E-state index contributed by atoms with van der Waals surface area (Å²) in [5.74, 6) is 0.0702. The molecule has 0 aliphatic heterocycles. The van der Waals surface area contributed by atoms with Gasteiger partial charge in [-0.3, -0.25) is 9.78 Å². The molecule has 0 saturated heterocycles. The van der Waals surface area contributed by atoms with Crippen LogP contribution in [-0.4, -0.2) is 19.6 Å². The van der Waals surface area contributed by atoms with Gasteiger partial charge in [-0.15, -0.1) is 5.10 Å².